The second-order valence-electron chi connectivity index (χ2n) is 8.28. The molecule has 0 radical (unpaired) electrons. The second-order valence-corrected chi connectivity index (χ2v) is 9.23. The first-order valence-electron chi connectivity index (χ1n) is 11.1. The molecule has 2 amide bonds. The number of carbonyl (C=O) groups is 2. The Morgan fingerprint density at radius 1 is 0.875 bits per heavy atom. The molecule has 2 aromatic heterocycles. The average molecular weight is 453 g/mol. The van der Waals surface area contributed by atoms with Crippen molar-refractivity contribution in [1.82, 2.24) is 19.6 Å². The molecular formula is C24H25FN4O2S. The molecule has 3 aromatic rings. The fourth-order valence-electron chi connectivity index (χ4n) is 4.56. The number of thiophene rings is 1. The van der Waals surface area contributed by atoms with Gasteiger partial charge in [0.1, 0.15) is 5.82 Å². The highest BCUT2D eigenvalue weighted by molar-refractivity contribution is 7.12. The fourth-order valence-corrected chi connectivity index (χ4v) is 5.25. The SMILES string of the molecule is O=C(c1cccs1)N1CCN(C(=O)c2nn(-c3ccc(F)cc3)c3c2CCCCC3)CC1. The van der Waals surface area contributed by atoms with E-state index in [1.165, 1.54) is 23.5 Å². The van der Waals surface area contributed by atoms with Gasteiger partial charge in [-0.3, -0.25) is 9.59 Å². The lowest BCUT2D eigenvalue weighted by atomic mass is 10.1. The van der Waals surface area contributed by atoms with Gasteiger partial charge in [-0.2, -0.15) is 5.10 Å². The summed E-state index contributed by atoms with van der Waals surface area (Å²) in [4.78, 5) is 30.4. The standard InChI is InChI=1S/C24H25FN4O2S/c25-17-8-10-18(11-9-17)29-20-6-3-1-2-5-19(20)22(26-29)24(31)28-14-12-27(13-15-28)23(30)21-7-4-16-32-21/h4,7-11,16H,1-3,5-6,12-15H2. The second kappa shape index (κ2) is 8.86. The summed E-state index contributed by atoms with van der Waals surface area (Å²) in [7, 11) is 0. The Labute approximate surface area is 190 Å². The molecule has 6 nitrogen and oxygen atoms in total. The van der Waals surface area contributed by atoms with E-state index < -0.39 is 0 Å². The topological polar surface area (TPSA) is 58.4 Å². The van der Waals surface area contributed by atoms with E-state index in [2.05, 4.69) is 0 Å². The smallest absolute Gasteiger partial charge is 0.274 e. The Morgan fingerprint density at radius 3 is 2.25 bits per heavy atom. The largest absolute Gasteiger partial charge is 0.334 e. The van der Waals surface area contributed by atoms with E-state index in [4.69, 9.17) is 5.10 Å². The van der Waals surface area contributed by atoms with Gasteiger partial charge in [-0.05, 0) is 61.4 Å². The number of rotatable bonds is 3. The Morgan fingerprint density at radius 2 is 1.56 bits per heavy atom. The molecular weight excluding hydrogens is 427 g/mol. The molecule has 3 heterocycles. The molecule has 5 rings (SSSR count). The molecule has 0 saturated carbocycles. The number of halogens is 1. The number of fused-ring (bicyclic) bond motifs is 1. The summed E-state index contributed by atoms with van der Waals surface area (Å²) in [6.07, 6.45) is 4.89. The number of piperazine rings is 1. The number of hydrogen-bond donors (Lipinski definition) is 0. The van der Waals surface area contributed by atoms with Crippen LogP contribution in [-0.4, -0.2) is 57.6 Å². The zero-order valence-electron chi connectivity index (χ0n) is 17.8. The van der Waals surface area contributed by atoms with Crippen molar-refractivity contribution in [2.45, 2.75) is 32.1 Å². The van der Waals surface area contributed by atoms with Crippen LogP contribution in [0.1, 0.15) is 50.7 Å². The number of amides is 2. The maximum atomic E-state index is 13.5. The van der Waals surface area contributed by atoms with E-state index in [1.54, 1.807) is 17.0 Å². The molecule has 1 aliphatic heterocycles. The first-order chi connectivity index (χ1) is 15.6. The van der Waals surface area contributed by atoms with E-state index in [1.807, 2.05) is 27.1 Å². The van der Waals surface area contributed by atoms with Gasteiger partial charge in [-0.25, -0.2) is 9.07 Å². The van der Waals surface area contributed by atoms with E-state index >= 15 is 0 Å². The molecule has 1 saturated heterocycles. The van der Waals surface area contributed by atoms with Crippen molar-refractivity contribution < 1.29 is 14.0 Å². The summed E-state index contributed by atoms with van der Waals surface area (Å²) in [5, 5.41) is 6.63. The highest BCUT2D eigenvalue weighted by Crippen LogP contribution is 2.28. The van der Waals surface area contributed by atoms with E-state index in [9.17, 15) is 14.0 Å². The van der Waals surface area contributed by atoms with Gasteiger partial charge in [0, 0.05) is 37.4 Å². The van der Waals surface area contributed by atoms with Crippen LogP contribution in [0.2, 0.25) is 0 Å². The van der Waals surface area contributed by atoms with Crippen LogP contribution < -0.4 is 0 Å². The van der Waals surface area contributed by atoms with Crippen LogP contribution in [0.15, 0.2) is 41.8 Å². The van der Waals surface area contributed by atoms with Crippen LogP contribution in [0.3, 0.4) is 0 Å². The summed E-state index contributed by atoms with van der Waals surface area (Å²) in [5.41, 5.74) is 3.36. The third-order valence-electron chi connectivity index (χ3n) is 6.29. The summed E-state index contributed by atoms with van der Waals surface area (Å²) >= 11 is 1.44. The Balaban J connectivity index is 1.38. The fraction of sp³-hybridized carbons (Fsp3) is 0.375. The highest BCUT2D eigenvalue weighted by atomic mass is 32.1. The number of nitrogens with zero attached hydrogens (tertiary/aromatic N) is 4. The van der Waals surface area contributed by atoms with E-state index in [-0.39, 0.29) is 17.6 Å². The molecule has 0 bridgehead atoms. The molecule has 1 fully saturated rings. The van der Waals surface area contributed by atoms with Crippen LogP contribution in [0.25, 0.3) is 5.69 Å². The van der Waals surface area contributed by atoms with Gasteiger partial charge in [-0.15, -0.1) is 11.3 Å². The van der Waals surface area contributed by atoms with Crippen LogP contribution >= 0.6 is 11.3 Å². The van der Waals surface area contributed by atoms with Crippen molar-refractivity contribution in [2.24, 2.45) is 0 Å². The molecule has 166 valence electrons. The Bertz CT molecular complexity index is 1120. The third-order valence-corrected chi connectivity index (χ3v) is 7.15. The summed E-state index contributed by atoms with van der Waals surface area (Å²) in [5.74, 6) is -0.341. The summed E-state index contributed by atoms with van der Waals surface area (Å²) < 4.78 is 15.3. The first kappa shape index (κ1) is 20.9. The highest BCUT2D eigenvalue weighted by Gasteiger charge is 2.31. The molecule has 0 N–H and O–H groups in total. The molecule has 32 heavy (non-hydrogen) atoms. The van der Waals surface area contributed by atoms with Gasteiger partial charge in [0.15, 0.2) is 5.69 Å². The van der Waals surface area contributed by atoms with Gasteiger partial charge in [0.25, 0.3) is 11.8 Å². The lowest BCUT2D eigenvalue weighted by Crippen LogP contribution is -2.50. The van der Waals surface area contributed by atoms with E-state index in [0.29, 0.717) is 31.9 Å². The minimum atomic E-state index is -0.293. The van der Waals surface area contributed by atoms with Crippen LogP contribution in [0, 0.1) is 5.82 Å². The quantitative estimate of drug-likeness (QED) is 0.566. The maximum absolute atomic E-state index is 13.5. The normalized spacial score (nSPS) is 16.5. The van der Waals surface area contributed by atoms with Crippen LogP contribution in [-0.2, 0) is 12.8 Å². The number of aromatic nitrogens is 2. The zero-order chi connectivity index (χ0) is 22.1. The summed E-state index contributed by atoms with van der Waals surface area (Å²) in [6.45, 7) is 2.02. The lowest BCUT2D eigenvalue weighted by molar-refractivity contribution is 0.0534. The van der Waals surface area contributed by atoms with Gasteiger partial charge >= 0.3 is 0 Å². The molecule has 1 aliphatic carbocycles. The van der Waals surface area contributed by atoms with E-state index in [0.717, 1.165) is 53.9 Å². The zero-order valence-corrected chi connectivity index (χ0v) is 18.6. The molecule has 0 atom stereocenters. The van der Waals surface area contributed by atoms with Crippen molar-refractivity contribution >= 4 is 23.2 Å². The van der Waals surface area contributed by atoms with Gasteiger partial charge in [-0.1, -0.05) is 12.5 Å². The molecule has 0 spiro atoms. The minimum Gasteiger partial charge on any atom is -0.334 e. The van der Waals surface area contributed by atoms with Crippen LogP contribution in [0.5, 0.6) is 0 Å². The predicted molar refractivity (Wildman–Crippen MR) is 121 cm³/mol. The Kier molecular flexibility index (Phi) is 5.78. The predicted octanol–water partition coefficient (Wildman–Crippen LogP) is 3.94. The Hall–Kier alpha value is -3.00. The van der Waals surface area contributed by atoms with Crippen molar-refractivity contribution in [3.05, 3.63) is 69.4 Å². The van der Waals surface area contributed by atoms with Gasteiger partial charge in [0.05, 0.1) is 10.6 Å². The average Bonchev–Trinajstić information content (AvgIpc) is 3.42. The van der Waals surface area contributed by atoms with Crippen LogP contribution in [0.4, 0.5) is 4.39 Å². The monoisotopic (exact) mass is 452 g/mol. The molecule has 0 unspecified atom stereocenters. The molecule has 8 heteroatoms. The van der Waals surface area contributed by atoms with Crippen molar-refractivity contribution in [3.63, 3.8) is 0 Å². The maximum Gasteiger partial charge on any atom is 0.274 e. The molecule has 2 aliphatic rings. The molecule has 1 aromatic carbocycles. The number of hydrogen-bond acceptors (Lipinski definition) is 4. The third kappa shape index (κ3) is 3.95. The van der Waals surface area contributed by atoms with Crippen molar-refractivity contribution in [1.29, 1.82) is 0 Å². The van der Waals surface area contributed by atoms with Gasteiger partial charge in [0.2, 0.25) is 0 Å². The number of carbonyl (C=O) groups excluding carboxylic acids is 2. The van der Waals surface area contributed by atoms with Gasteiger partial charge < -0.3 is 9.80 Å². The van der Waals surface area contributed by atoms with Crippen molar-refractivity contribution in [3.8, 4) is 5.69 Å². The summed E-state index contributed by atoms with van der Waals surface area (Å²) in [6, 6.07) is 9.97. The number of benzene rings is 1. The van der Waals surface area contributed by atoms with Crippen molar-refractivity contribution in [2.75, 3.05) is 26.2 Å². The minimum absolute atomic E-state index is 0.0292. The first-order valence-corrected chi connectivity index (χ1v) is 12.0. The lowest BCUT2D eigenvalue weighted by Gasteiger charge is -2.34.